The predicted molar refractivity (Wildman–Crippen MR) is 90.3 cm³/mol. The van der Waals surface area contributed by atoms with E-state index in [1.807, 2.05) is 19.2 Å². The Morgan fingerprint density at radius 2 is 2.30 bits per heavy atom. The first kappa shape index (κ1) is 14.6. The fourth-order valence-corrected chi connectivity index (χ4v) is 4.71. The van der Waals surface area contributed by atoms with E-state index < -0.39 is 6.10 Å². The molecular weight excluding hydrogens is 308 g/mol. The van der Waals surface area contributed by atoms with Crippen LogP contribution in [-0.2, 0) is 0 Å². The highest BCUT2D eigenvalue weighted by Crippen LogP contribution is 2.38. The van der Waals surface area contributed by atoms with Crippen molar-refractivity contribution in [3.63, 3.8) is 0 Å². The van der Waals surface area contributed by atoms with Crippen molar-refractivity contribution in [1.82, 2.24) is 14.5 Å². The number of pyridine rings is 1. The maximum atomic E-state index is 10.4. The average molecular weight is 326 g/mol. The Balaban J connectivity index is 1.79. The highest BCUT2D eigenvalue weighted by atomic mass is 32.1. The van der Waals surface area contributed by atoms with Crippen LogP contribution in [0.15, 0.2) is 17.6 Å². The molecule has 3 aromatic rings. The summed E-state index contributed by atoms with van der Waals surface area (Å²) in [5.41, 5.74) is 3.06. The molecular formula is C17H18N4OS. The molecule has 0 aliphatic heterocycles. The number of thiophene rings is 1. The van der Waals surface area contributed by atoms with Gasteiger partial charge in [0.1, 0.15) is 11.3 Å². The molecule has 0 spiro atoms. The predicted octanol–water partition coefficient (Wildman–Crippen LogP) is 3.57. The van der Waals surface area contributed by atoms with E-state index in [1.165, 1.54) is 0 Å². The van der Waals surface area contributed by atoms with Gasteiger partial charge in [0.05, 0.1) is 34.1 Å². The molecule has 3 heterocycles. The number of aliphatic hydroxyl groups is 1. The minimum absolute atomic E-state index is 0.106. The van der Waals surface area contributed by atoms with Gasteiger partial charge in [-0.2, -0.15) is 5.26 Å². The molecule has 0 bridgehead atoms. The third-order valence-corrected chi connectivity index (χ3v) is 5.86. The maximum absolute atomic E-state index is 10.4. The molecule has 3 atom stereocenters. The van der Waals surface area contributed by atoms with Crippen molar-refractivity contribution < 1.29 is 5.11 Å². The summed E-state index contributed by atoms with van der Waals surface area (Å²) in [6.07, 6.45) is 4.42. The van der Waals surface area contributed by atoms with Crippen molar-refractivity contribution in [2.75, 3.05) is 0 Å². The number of fused-ring (bicyclic) bond motifs is 3. The highest BCUT2D eigenvalue weighted by molar-refractivity contribution is 7.18. The molecule has 1 N–H and O–H groups in total. The first-order valence-corrected chi connectivity index (χ1v) is 8.82. The largest absolute Gasteiger partial charge is 0.393 e. The van der Waals surface area contributed by atoms with Crippen LogP contribution in [0.1, 0.15) is 37.5 Å². The van der Waals surface area contributed by atoms with E-state index in [9.17, 15) is 5.11 Å². The van der Waals surface area contributed by atoms with Crippen LogP contribution in [0.5, 0.6) is 0 Å². The smallest absolute Gasteiger partial charge is 0.109 e. The number of hydrogen-bond acceptors (Lipinski definition) is 5. The summed E-state index contributed by atoms with van der Waals surface area (Å²) in [7, 11) is 0. The fraction of sp³-hybridized carbons (Fsp3) is 0.471. The van der Waals surface area contributed by atoms with E-state index in [0.29, 0.717) is 12.8 Å². The van der Waals surface area contributed by atoms with E-state index in [4.69, 9.17) is 5.26 Å². The molecule has 5 nitrogen and oxygen atoms in total. The summed E-state index contributed by atoms with van der Waals surface area (Å²) >= 11 is 1.69. The number of nitriles is 1. The number of nitrogens with zero attached hydrogens (tertiary/aromatic N) is 4. The van der Waals surface area contributed by atoms with Gasteiger partial charge in [0.25, 0.3) is 0 Å². The van der Waals surface area contributed by atoms with Crippen LogP contribution < -0.4 is 0 Å². The Labute approximate surface area is 138 Å². The van der Waals surface area contributed by atoms with E-state index in [-0.39, 0.29) is 12.0 Å². The van der Waals surface area contributed by atoms with Gasteiger partial charge in [0, 0.05) is 12.5 Å². The molecule has 0 unspecified atom stereocenters. The lowest BCUT2D eigenvalue weighted by Crippen LogP contribution is -2.31. The minimum Gasteiger partial charge on any atom is -0.393 e. The van der Waals surface area contributed by atoms with Crippen molar-refractivity contribution in [3.05, 3.63) is 23.5 Å². The second kappa shape index (κ2) is 5.59. The summed E-state index contributed by atoms with van der Waals surface area (Å²) in [6, 6.07) is 4.46. The zero-order valence-corrected chi connectivity index (χ0v) is 13.8. The number of hydrogen-bond donors (Lipinski definition) is 1. The van der Waals surface area contributed by atoms with Gasteiger partial charge in [-0.15, -0.1) is 11.3 Å². The molecule has 3 aromatic heterocycles. The minimum atomic E-state index is -0.411. The van der Waals surface area contributed by atoms with Crippen LogP contribution >= 0.6 is 11.3 Å². The number of rotatable bonds is 2. The number of aryl methyl sites for hydroxylation is 1. The zero-order chi connectivity index (χ0) is 16.0. The zero-order valence-electron chi connectivity index (χ0n) is 12.9. The number of aliphatic hydroxyl groups excluding tert-OH is 1. The number of imidazole rings is 1. The normalized spacial score (nSPS) is 25.0. The Morgan fingerprint density at radius 3 is 3.09 bits per heavy atom. The standard InChI is InChI=1S/C17H18N4OS/c1-10-20-14-9-19-13-5-7-23-17(13)16(14)21(10)12-3-2-11(4-6-18)15(22)8-12/h5,7,9,11-12,15,22H,2-4,8H2,1H3/t11-,12-,15+/m1/s1. The molecule has 23 heavy (non-hydrogen) atoms. The Morgan fingerprint density at radius 1 is 1.43 bits per heavy atom. The lowest BCUT2D eigenvalue weighted by Gasteiger charge is -2.33. The first-order chi connectivity index (χ1) is 11.2. The molecule has 0 radical (unpaired) electrons. The van der Waals surface area contributed by atoms with Crippen LogP contribution in [0.3, 0.4) is 0 Å². The van der Waals surface area contributed by atoms with Crippen LogP contribution in [-0.4, -0.2) is 25.7 Å². The molecule has 0 saturated heterocycles. The van der Waals surface area contributed by atoms with Crippen molar-refractivity contribution in [1.29, 1.82) is 5.26 Å². The second-order valence-corrected chi connectivity index (χ2v) is 7.23. The molecule has 4 rings (SSSR count). The molecule has 1 saturated carbocycles. The Bertz CT molecular complexity index is 906. The van der Waals surface area contributed by atoms with Gasteiger partial charge in [-0.05, 0) is 43.6 Å². The van der Waals surface area contributed by atoms with Crippen LogP contribution in [0.4, 0.5) is 0 Å². The van der Waals surface area contributed by atoms with Gasteiger partial charge in [-0.25, -0.2) is 4.98 Å². The molecule has 1 aliphatic rings. The van der Waals surface area contributed by atoms with E-state index >= 15 is 0 Å². The van der Waals surface area contributed by atoms with Crippen molar-refractivity contribution in [3.8, 4) is 6.07 Å². The summed E-state index contributed by atoms with van der Waals surface area (Å²) in [4.78, 5) is 9.14. The summed E-state index contributed by atoms with van der Waals surface area (Å²) in [5, 5.41) is 21.4. The lowest BCUT2D eigenvalue weighted by atomic mass is 9.82. The summed E-state index contributed by atoms with van der Waals surface area (Å²) in [5.74, 6) is 1.08. The Hall–Kier alpha value is -1.97. The van der Waals surface area contributed by atoms with Gasteiger partial charge >= 0.3 is 0 Å². The monoisotopic (exact) mass is 326 g/mol. The van der Waals surface area contributed by atoms with Gasteiger partial charge in [0.15, 0.2) is 0 Å². The quantitative estimate of drug-likeness (QED) is 0.781. The third kappa shape index (κ3) is 2.32. The van der Waals surface area contributed by atoms with E-state index in [1.54, 1.807) is 11.3 Å². The lowest BCUT2D eigenvalue weighted by molar-refractivity contribution is 0.0501. The molecule has 1 aliphatic carbocycles. The average Bonchev–Trinajstić information content (AvgIpc) is 3.12. The van der Waals surface area contributed by atoms with E-state index in [0.717, 1.165) is 39.9 Å². The molecule has 118 valence electrons. The van der Waals surface area contributed by atoms with E-state index in [2.05, 4.69) is 26.0 Å². The summed E-state index contributed by atoms with van der Waals surface area (Å²) in [6.45, 7) is 2.02. The van der Waals surface area contributed by atoms with Gasteiger partial charge in [-0.1, -0.05) is 0 Å². The molecule has 1 fully saturated rings. The van der Waals surface area contributed by atoms with Crippen molar-refractivity contribution in [2.24, 2.45) is 5.92 Å². The van der Waals surface area contributed by atoms with Gasteiger partial charge in [-0.3, -0.25) is 4.98 Å². The van der Waals surface area contributed by atoms with Crippen molar-refractivity contribution in [2.45, 2.75) is 44.8 Å². The van der Waals surface area contributed by atoms with Crippen molar-refractivity contribution >= 4 is 32.6 Å². The Kier molecular flexibility index (Phi) is 3.55. The summed E-state index contributed by atoms with van der Waals surface area (Å²) < 4.78 is 3.44. The topological polar surface area (TPSA) is 74.7 Å². The van der Waals surface area contributed by atoms with Gasteiger partial charge < -0.3 is 9.67 Å². The van der Waals surface area contributed by atoms with Gasteiger partial charge in [0.2, 0.25) is 0 Å². The van der Waals surface area contributed by atoms with Crippen LogP contribution in [0, 0.1) is 24.2 Å². The molecule has 6 heteroatoms. The first-order valence-electron chi connectivity index (χ1n) is 7.94. The fourth-order valence-electron chi connectivity index (χ4n) is 3.82. The molecule has 0 aromatic carbocycles. The molecule has 0 amide bonds. The number of aromatic nitrogens is 3. The highest BCUT2D eigenvalue weighted by Gasteiger charge is 2.31. The second-order valence-electron chi connectivity index (χ2n) is 6.31. The maximum Gasteiger partial charge on any atom is 0.109 e. The SMILES string of the molecule is Cc1nc2cnc3ccsc3c2n1[C@@H]1CC[C@H](CC#N)[C@@H](O)C1. The third-order valence-electron chi connectivity index (χ3n) is 4.95. The van der Waals surface area contributed by atoms with Crippen LogP contribution in [0.25, 0.3) is 21.3 Å². The van der Waals surface area contributed by atoms with Crippen LogP contribution in [0.2, 0.25) is 0 Å².